The quantitative estimate of drug-likeness (QED) is 0.874. The van der Waals surface area contributed by atoms with Gasteiger partial charge in [0.1, 0.15) is 5.82 Å². The van der Waals surface area contributed by atoms with Crippen molar-refractivity contribution in [3.63, 3.8) is 0 Å². The Bertz CT molecular complexity index is 591. The molecule has 0 saturated heterocycles. The smallest absolute Gasteiger partial charge is 0.251 e. The third kappa shape index (κ3) is 3.40. The number of amides is 2. The fourth-order valence-corrected chi connectivity index (χ4v) is 2.49. The number of hydrogen-bond donors (Lipinski definition) is 2. The normalized spacial score (nSPS) is 18.0. The molecule has 1 aromatic carbocycles. The minimum absolute atomic E-state index is 0.00283. The van der Waals surface area contributed by atoms with Crippen LogP contribution in [-0.4, -0.2) is 17.9 Å². The Morgan fingerprint density at radius 1 is 1.29 bits per heavy atom. The van der Waals surface area contributed by atoms with E-state index < -0.39 is 17.1 Å². The lowest BCUT2D eigenvalue weighted by Crippen LogP contribution is -2.44. The number of carbonyl (C=O) groups excluding carboxylic acids is 2. The summed E-state index contributed by atoms with van der Waals surface area (Å²) in [5, 5.41) is 3.00. The zero-order chi connectivity index (χ0) is 15.8. The summed E-state index contributed by atoms with van der Waals surface area (Å²) in [5.74, 6) is -1.35. The van der Waals surface area contributed by atoms with E-state index in [9.17, 15) is 14.0 Å². The van der Waals surface area contributed by atoms with Crippen molar-refractivity contribution in [2.45, 2.75) is 46.1 Å². The number of hydrogen-bond acceptors (Lipinski definition) is 2. The van der Waals surface area contributed by atoms with Crippen molar-refractivity contribution in [2.75, 3.05) is 0 Å². The van der Waals surface area contributed by atoms with E-state index in [0.29, 0.717) is 12.8 Å². The van der Waals surface area contributed by atoms with E-state index in [2.05, 4.69) is 5.32 Å². The van der Waals surface area contributed by atoms with Crippen LogP contribution in [0.4, 0.5) is 4.39 Å². The minimum Gasteiger partial charge on any atom is -0.366 e. The molecule has 0 fully saturated rings. The summed E-state index contributed by atoms with van der Waals surface area (Å²) in [6, 6.07) is 2.91. The second-order valence-electron chi connectivity index (χ2n) is 6.63. The van der Waals surface area contributed by atoms with Crippen molar-refractivity contribution in [1.82, 2.24) is 5.32 Å². The number of aryl methyl sites for hydroxylation is 1. The van der Waals surface area contributed by atoms with Gasteiger partial charge in [-0.25, -0.2) is 4.39 Å². The Hall–Kier alpha value is -1.91. The van der Waals surface area contributed by atoms with Crippen molar-refractivity contribution >= 4 is 11.8 Å². The van der Waals surface area contributed by atoms with Gasteiger partial charge in [-0.15, -0.1) is 0 Å². The molecule has 114 valence electrons. The second kappa shape index (κ2) is 5.47. The summed E-state index contributed by atoms with van der Waals surface area (Å²) in [5.41, 5.74) is 6.42. The Morgan fingerprint density at radius 3 is 2.52 bits per heavy atom. The number of fused-ring (bicyclic) bond motifs is 1. The van der Waals surface area contributed by atoms with Gasteiger partial charge >= 0.3 is 0 Å². The summed E-state index contributed by atoms with van der Waals surface area (Å²) < 4.78 is 13.8. The van der Waals surface area contributed by atoms with Gasteiger partial charge in [0.25, 0.3) is 5.91 Å². The monoisotopic (exact) mass is 292 g/mol. The number of carbonyl (C=O) groups is 2. The Balaban J connectivity index is 2.16. The number of halogens is 1. The number of nitrogens with one attached hydrogen (secondary N) is 1. The van der Waals surface area contributed by atoms with Crippen LogP contribution in [-0.2, 0) is 17.6 Å². The molecule has 21 heavy (non-hydrogen) atoms. The highest BCUT2D eigenvalue weighted by Gasteiger charge is 2.27. The summed E-state index contributed by atoms with van der Waals surface area (Å²) in [6.07, 6.45) is 2.05. The molecule has 2 amide bonds. The van der Waals surface area contributed by atoms with E-state index in [1.54, 1.807) is 0 Å². The van der Waals surface area contributed by atoms with E-state index in [1.807, 2.05) is 20.8 Å². The SMILES string of the molecule is CC(C)(C)C(=O)NC1CCc2cc(C(N)=O)c(F)cc2C1. The molecule has 1 aliphatic rings. The zero-order valence-corrected chi connectivity index (χ0v) is 12.6. The maximum absolute atomic E-state index is 13.8. The molecule has 0 spiro atoms. The molecule has 0 aromatic heterocycles. The second-order valence-corrected chi connectivity index (χ2v) is 6.63. The maximum atomic E-state index is 13.8. The molecule has 0 aliphatic heterocycles. The lowest BCUT2D eigenvalue weighted by Gasteiger charge is -2.29. The van der Waals surface area contributed by atoms with Crippen LogP contribution in [0.3, 0.4) is 0 Å². The molecule has 0 heterocycles. The third-order valence-electron chi connectivity index (χ3n) is 3.80. The molecule has 4 nitrogen and oxygen atoms in total. The van der Waals surface area contributed by atoms with Gasteiger partial charge in [0.05, 0.1) is 5.56 Å². The van der Waals surface area contributed by atoms with Crippen LogP contribution in [0, 0.1) is 11.2 Å². The summed E-state index contributed by atoms with van der Waals surface area (Å²) in [7, 11) is 0. The van der Waals surface area contributed by atoms with E-state index in [0.717, 1.165) is 17.5 Å². The molecular formula is C16H21FN2O2. The van der Waals surface area contributed by atoms with Crippen LogP contribution < -0.4 is 11.1 Å². The zero-order valence-electron chi connectivity index (χ0n) is 12.6. The van der Waals surface area contributed by atoms with Crippen molar-refractivity contribution in [3.8, 4) is 0 Å². The lowest BCUT2D eigenvalue weighted by atomic mass is 9.86. The average Bonchev–Trinajstić information content (AvgIpc) is 2.36. The van der Waals surface area contributed by atoms with Crippen molar-refractivity contribution in [3.05, 3.63) is 34.6 Å². The van der Waals surface area contributed by atoms with E-state index in [-0.39, 0.29) is 17.5 Å². The Morgan fingerprint density at radius 2 is 1.95 bits per heavy atom. The first-order valence-electron chi connectivity index (χ1n) is 7.10. The van der Waals surface area contributed by atoms with Gasteiger partial charge in [0.15, 0.2) is 0 Å². The molecule has 1 aromatic rings. The Kier molecular flexibility index (Phi) is 4.03. The number of primary amides is 1. The van der Waals surface area contributed by atoms with E-state index >= 15 is 0 Å². The maximum Gasteiger partial charge on any atom is 0.251 e. The number of rotatable bonds is 2. The molecule has 1 atom stereocenters. The van der Waals surface area contributed by atoms with Crippen LogP contribution in [0.2, 0.25) is 0 Å². The Labute approximate surface area is 123 Å². The minimum atomic E-state index is -0.751. The van der Waals surface area contributed by atoms with Gasteiger partial charge in [0, 0.05) is 11.5 Å². The average molecular weight is 292 g/mol. The third-order valence-corrected chi connectivity index (χ3v) is 3.80. The van der Waals surface area contributed by atoms with Gasteiger partial charge in [-0.3, -0.25) is 9.59 Å². The lowest BCUT2D eigenvalue weighted by molar-refractivity contribution is -0.129. The van der Waals surface area contributed by atoms with Crippen LogP contribution in [0.5, 0.6) is 0 Å². The van der Waals surface area contributed by atoms with Crippen LogP contribution in [0.1, 0.15) is 48.7 Å². The van der Waals surface area contributed by atoms with E-state index in [4.69, 9.17) is 5.73 Å². The van der Waals surface area contributed by atoms with E-state index in [1.165, 1.54) is 12.1 Å². The van der Waals surface area contributed by atoms with Gasteiger partial charge in [-0.1, -0.05) is 20.8 Å². The summed E-state index contributed by atoms with van der Waals surface area (Å²) in [4.78, 5) is 23.2. The topological polar surface area (TPSA) is 72.2 Å². The molecule has 3 N–H and O–H groups in total. The highest BCUT2D eigenvalue weighted by atomic mass is 19.1. The summed E-state index contributed by atoms with van der Waals surface area (Å²) in [6.45, 7) is 5.58. The molecule has 0 saturated carbocycles. The predicted octanol–water partition coefficient (Wildman–Crippen LogP) is 1.94. The standard InChI is InChI=1S/C16H21FN2O2/c1-16(2,3)15(21)19-11-5-4-9-7-12(14(18)20)13(17)8-10(9)6-11/h7-8,11H,4-6H2,1-3H3,(H2,18,20)(H,19,21). The first-order valence-corrected chi connectivity index (χ1v) is 7.10. The van der Waals surface area contributed by atoms with Crippen molar-refractivity contribution in [1.29, 1.82) is 0 Å². The fraction of sp³-hybridized carbons (Fsp3) is 0.500. The van der Waals surface area contributed by atoms with Crippen molar-refractivity contribution in [2.24, 2.45) is 11.1 Å². The van der Waals surface area contributed by atoms with Gasteiger partial charge in [-0.05, 0) is 42.5 Å². The van der Waals surface area contributed by atoms with Crippen LogP contribution in [0.15, 0.2) is 12.1 Å². The molecular weight excluding hydrogens is 271 g/mol. The van der Waals surface area contributed by atoms with Crippen molar-refractivity contribution < 1.29 is 14.0 Å². The first-order chi connectivity index (χ1) is 9.68. The van der Waals surface area contributed by atoms with Gasteiger partial charge in [-0.2, -0.15) is 0 Å². The largest absolute Gasteiger partial charge is 0.366 e. The highest BCUT2D eigenvalue weighted by molar-refractivity contribution is 5.93. The predicted molar refractivity (Wildman–Crippen MR) is 78.3 cm³/mol. The molecule has 1 aliphatic carbocycles. The van der Waals surface area contributed by atoms with Crippen LogP contribution in [0.25, 0.3) is 0 Å². The molecule has 0 bridgehead atoms. The number of nitrogens with two attached hydrogens (primary N) is 1. The number of benzene rings is 1. The van der Waals surface area contributed by atoms with Gasteiger partial charge in [0.2, 0.25) is 5.91 Å². The first kappa shape index (κ1) is 15.5. The molecule has 0 radical (unpaired) electrons. The summed E-state index contributed by atoms with van der Waals surface area (Å²) >= 11 is 0. The fourth-order valence-electron chi connectivity index (χ4n) is 2.49. The highest BCUT2D eigenvalue weighted by Crippen LogP contribution is 2.25. The molecule has 1 unspecified atom stereocenters. The molecule has 2 rings (SSSR count). The van der Waals surface area contributed by atoms with Crippen LogP contribution >= 0.6 is 0 Å². The molecule has 5 heteroatoms. The van der Waals surface area contributed by atoms with Gasteiger partial charge < -0.3 is 11.1 Å².